The molecular weight excluding hydrogens is 244 g/mol. The summed E-state index contributed by atoms with van der Waals surface area (Å²) in [7, 11) is 0. The van der Waals surface area contributed by atoms with E-state index in [9.17, 15) is 0 Å². The molecule has 0 atom stereocenters. The largest absolute Gasteiger partial charge is 0.329 e. The summed E-state index contributed by atoms with van der Waals surface area (Å²) in [5.74, 6) is 2.21. The maximum Gasteiger partial charge on any atom is 0.0336 e. The summed E-state index contributed by atoms with van der Waals surface area (Å²) in [6.45, 7) is 19.4. The molecule has 0 bridgehead atoms. The van der Waals surface area contributed by atoms with Crippen molar-refractivity contribution in [2.45, 2.75) is 79.7 Å². The topological polar surface area (TPSA) is 29.3 Å². The van der Waals surface area contributed by atoms with Crippen LogP contribution in [-0.2, 0) is 0 Å². The lowest BCUT2D eigenvalue weighted by Crippen LogP contribution is -2.56. The van der Waals surface area contributed by atoms with Crippen molar-refractivity contribution in [1.82, 2.24) is 4.90 Å². The second kappa shape index (κ2) is 9.78. The van der Waals surface area contributed by atoms with Crippen LogP contribution in [0.3, 0.4) is 0 Å². The van der Waals surface area contributed by atoms with Gasteiger partial charge in [-0.15, -0.1) is 0 Å². The number of rotatable bonds is 11. The highest BCUT2D eigenvalue weighted by molar-refractivity contribution is 4.93. The van der Waals surface area contributed by atoms with E-state index in [1.807, 2.05) is 0 Å². The van der Waals surface area contributed by atoms with Gasteiger partial charge in [0.25, 0.3) is 0 Å². The van der Waals surface area contributed by atoms with Crippen LogP contribution in [-0.4, -0.2) is 30.1 Å². The van der Waals surface area contributed by atoms with E-state index in [4.69, 9.17) is 5.73 Å². The zero-order chi connectivity index (χ0) is 15.8. The van der Waals surface area contributed by atoms with Gasteiger partial charge in [-0.1, -0.05) is 61.3 Å². The summed E-state index contributed by atoms with van der Waals surface area (Å²) in [6.07, 6.45) is 4.99. The minimum Gasteiger partial charge on any atom is -0.329 e. The first-order chi connectivity index (χ1) is 9.34. The van der Waals surface area contributed by atoms with Crippen molar-refractivity contribution in [3.05, 3.63) is 0 Å². The van der Waals surface area contributed by atoms with Crippen LogP contribution >= 0.6 is 0 Å². The molecule has 2 N–H and O–H groups in total. The first-order valence-corrected chi connectivity index (χ1v) is 8.80. The van der Waals surface area contributed by atoms with E-state index < -0.39 is 0 Å². The summed E-state index contributed by atoms with van der Waals surface area (Å²) in [6, 6.07) is 0. The minimum absolute atomic E-state index is 0.194. The van der Waals surface area contributed by atoms with E-state index in [1.54, 1.807) is 0 Å². The molecule has 0 heterocycles. The molecule has 122 valence electrons. The molecule has 0 aliphatic carbocycles. The predicted molar refractivity (Wildman–Crippen MR) is 92.0 cm³/mol. The van der Waals surface area contributed by atoms with E-state index >= 15 is 0 Å². The van der Waals surface area contributed by atoms with E-state index in [0.29, 0.717) is 11.8 Å². The summed E-state index contributed by atoms with van der Waals surface area (Å²) < 4.78 is 0. The van der Waals surface area contributed by atoms with Crippen molar-refractivity contribution < 1.29 is 0 Å². The molecule has 20 heavy (non-hydrogen) atoms. The monoisotopic (exact) mass is 284 g/mol. The Hall–Kier alpha value is -0.0800. The molecule has 2 heteroatoms. The highest BCUT2D eigenvalue weighted by Crippen LogP contribution is 2.31. The van der Waals surface area contributed by atoms with Crippen molar-refractivity contribution in [1.29, 1.82) is 0 Å². The Balaban J connectivity index is 5.19. The molecule has 0 rings (SSSR count). The SMILES string of the molecule is CCC(CC)CN(CC)C(CN)(CC(C)C)CC(C)C. The molecule has 0 spiro atoms. The quantitative estimate of drug-likeness (QED) is 0.604. The number of nitrogens with two attached hydrogens (primary N) is 1. The molecule has 0 fully saturated rings. The molecule has 0 aliphatic heterocycles. The Morgan fingerprint density at radius 3 is 1.60 bits per heavy atom. The van der Waals surface area contributed by atoms with Gasteiger partial charge in [0.05, 0.1) is 0 Å². The number of likely N-dealkylation sites (N-methyl/N-ethyl adjacent to an activating group) is 1. The lowest BCUT2D eigenvalue weighted by atomic mass is 9.79. The average molecular weight is 285 g/mol. The predicted octanol–water partition coefficient (Wildman–Crippen LogP) is 4.53. The van der Waals surface area contributed by atoms with Crippen LogP contribution in [0.2, 0.25) is 0 Å². The highest BCUT2D eigenvalue weighted by atomic mass is 15.2. The van der Waals surface area contributed by atoms with Gasteiger partial charge in [-0.3, -0.25) is 4.90 Å². The van der Waals surface area contributed by atoms with Gasteiger partial charge < -0.3 is 5.73 Å². The third kappa shape index (κ3) is 6.13. The van der Waals surface area contributed by atoms with Crippen molar-refractivity contribution in [2.24, 2.45) is 23.5 Å². The molecule has 0 aromatic carbocycles. The van der Waals surface area contributed by atoms with E-state index in [2.05, 4.69) is 53.4 Å². The first kappa shape index (κ1) is 19.9. The third-order valence-electron chi connectivity index (χ3n) is 4.64. The second-order valence-corrected chi connectivity index (χ2v) is 7.35. The molecule has 0 aliphatic rings. The molecular formula is C18H40N2. The summed E-state index contributed by atoms with van der Waals surface area (Å²) in [4.78, 5) is 2.70. The maximum atomic E-state index is 6.30. The summed E-state index contributed by atoms with van der Waals surface area (Å²) >= 11 is 0. The maximum absolute atomic E-state index is 6.30. The Bertz CT molecular complexity index is 222. The van der Waals surface area contributed by atoms with Crippen LogP contribution < -0.4 is 5.73 Å². The fraction of sp³-hybridized carbons (Fsp3) is 1.00. The molecule has 0 saturated carbocycles. The van der Waals surface area contributed by atoms with Crippen LogP contribution in [0.15, 0.2) is 0 Å². The van der Waals surface area contributed by atoms with Crippen LogP contribution in [0.1, 0.15) is 74.1 Å². The Kier molecular flexibility index (Phi) is 9.74. The Morgan fingerprint density at radius 2 is 1.35 bits per heavy atom. The van der Waals surface area contributed by atoms with E-state index in [1.165, 1.54) is 32.2 Å². The summed E-state index contributed by atoms with van der Waals surface area (Å²) in [5.41, 5.74) is 6.49. The molecule has 0 aromatic rings. The van der Waals surface area contributed by atoms with E-state index in [0.717, 1.165) is 19.0 Å². The van der Waals surface area contributed by atoms with Gasteiger partial charge in [-0.25, -0.2) is 0 Å². The molecule has 2 nitrogen and oxygen atoms in total. The minimum atomic E-state index is 0.194. The van der Waals surface area contributed by atoms with Gasteiger partial charge in [-0.05, 0) is 37.1 Å². The number of hydrogen-bond donors (Lipinski definition) is 1. The van der Waals surface area contributed by atoms with Crippen molar-refractivity contribution in [3.63, 3.8) is 0 Å². The lowest BCUT2D eigenvalue weighted by molar-refractivity contribution is 0.0424. The first-order valence-electron chi connectivity index (χ1n) is 8.80. The third-order valence-corrected chi connectivity index (χ3v) is 4.64. The number of hydrogen-bond acceptors (Lipinski definition) is 2. The van der Waals surface area contributed by atoms with Gasteiger partial charge in [0.1, 0.15) is 0 Å². The Morgan fingerprint density at radius 1 is 0.900 bits per heavy atom. The van der Waals surface area contributed by atoms with Gasteiger partial charge in [0.15, 0.2) is 0 Å². The van der Waals surface area contributed by atoms with Gasteiger partial charge in [0, 0.05) is 18.6 Å². The fourth-order valence-corrected chi connectivity index (χ4v) is 3.67. The van der Waals surface area contributed by atoms with Crippen molar-refractivity contribution >= 4 is 0 Å². The molecule has 0 aromatic heterocycles. The molecule has 0 unspecified atom stereocenters. The van der Waals surface area contributed by atoms with Crippen LogP contribution in [0.4, 0.5) is 0 Å². The van der Waals surface area contributed by atoms with Gasteiger partial charge >= 0.3 is 0 Å². The molecule has 0 amide bonds. The normalized spacial score (nSPS) is 13.2. The second-order valence-electron chi connectivity index (χ2n) is 7.35. The lowest BCUT2D eigenvalue weighted by Gasteiger charge is -2.46. The zero-order valence-corrected chi connectivity index (χ0v) is 15.2. The van der Waals surface area contributed by atoms with Crippen LogP contribution in [0.5, 0.6) is 0 Å². The Labute approximate surface area is 128 Å². The van der Waals surface area contributed by atoms with Crippen molar-refractivity contribution in [2.75, 3.05) is 19.6 Å². The van der Waals surface area contributed by atoms with E-state index in [-0.39, 0.29) is 5.54 Å². The van der Waals surface area contributed by atoms with Gasteiger partial charge in [-0.2, -0.15) is 0 Å². The smallest absolute Gasteiger partial charge is 0.0336 e. The standard InChI is InChI=1S/C18H40N2/c1-8-17(9-2)13-20(10-3)18(14-19,11-15(4)5)12-16(6)7/h15-17H,8-14,19H2,1-7H3. The number of nitrogens with zero attached hydrogens (tertiary/aromatic N) is 1. The van der Waals surface area contributed by atoms with Crippen LogP contribution in [0.25, 0.3) is 0 Å². The highest BCUT2D eigenvalue weighted by Gasteiger charge is 2.36. The zero-order valence-electron chi connectivity index (χ0n) is 15.2. The van der Waals surface area contributed by atoms with Crippen LogP contribution in [0, 0.1) is 17.8 Å². The molecule has 0 radical (unpaired) electrons. The van der Waals surface area contributed by atoms with Gasteiger partial charge in [0.2, 0.25) is 0 Å². The summed E-state index contributed by atoms with van der Waals surface area (Å²) in [5, 5.41) is 0. The van der Waals surface area contributed by atoms with Crippen molar-refractivity contribution in [3.8, 4) is 0 Å². The average Bonchev–Trinajstić information content (AvgIpc) is 2.38. The fourth-order valence-electron chi connectivity index (χ4n) is 3.67. The molecule has 0 saturated heterocycles.